The molecule has 1 aromatic carbocycles. The molecule has 0 atom stereocenters. The van der Waals surface area contributed by atoms with E-state index in [4.69, 9.17) is 11.6 Å². The van der Waals surface area contributed by atoms with Crippen LogP contribution in [0.3, 0.4) is 0 Å². The molecule has 0 saturated heterocycles. The van der Waals surface area contributed by atoms with Crippen molar-refractivity contribution in [1.82, 2.24) is 9.78 Å². The minimum atomic E-state index is -0.272. The first-order chi connectivity index (χ1) is 9.32. The lowest BCUT2D eigenvalue weighted by atomic mass is 9.90. The summed E-state index contributed by atoms with van der Waals surface area (Å²) in [5, 5.41) is 14.4. The van der Waals surface area contributed by atoms with E-state index in [0.29, 0.717) is 17.3 Å². The average Bonchev–Trinajstić information content (AvgIpc) is 2.69. The van der Waals surface area contributed by atoms with E-state index >= 15 is 0 Å². The molecule has 0 saturated carbocycles. The van der Waals surface area contributed by atoms with Gasteiger partial charge in [0.15, 0.2) is 0 Å². The zero-order valence-corrected chi connectivity index (χ0v) is 12.6. The molecule has 0 bridgehead atoms. The smallest absolute Gasteiger partial charge is 0.133 e. The summed E-state index contributed by atoms with van der Waals surface area (Å²) >= 11 is 6.28. The van der Waals surface area contributed by atoms with Crippen molar-refractivity contribution in [3.05, 3.63) is 52.1 Å². The first-order valence-electron chi connectivity index (χ1n) is 6.44. The Kier molecular flexibility index (Phi) is 4.16. The molecular formula is C15H18ClFN2O. The zero-order chi connectivity index (χ0) is 14.9. The van der Waals surface area contributed by atoms with Crippen molar-refractivity contribution < 1.29 is 9.50 Å². The Morgan fingerprint density at radius 3 is 2.30 bits per heavy atom. The van der Waals surface area contributed by atoms with E-state index in [1.807, 2.05) is 20.8 Å². The fraction of sp³-hybridized carbons (Fsp3) is 0.400. The predicted octanol–water partition coefficient (Wildman–Crippen LogP) is 3.51. The van der Waals surface area contributed by atoms with Crippen LogP contribution in [0.2, 0.25) is 5.15 Å². The van der Waals surface area contributed by atoms with Crippen molar-refractivity contribution >= 4 is 11.6 Å². The standard InChI is InChI=1S/C15H18ClFN2O/c1-15(2,3)13-12(9-20)14(16)19(18-13)8-10-4-6-11(17)7-5-10/h4-7,20H,8-9H2,1-3H3. The van der Waals surface area contributed by atoms with Crippen LogP contribution >= 0.6 is 11.6 Å². The number of benzene rings is 1. The first kappa shape index (κ1) is 15.0. The minimum Gasteiger partial charge on any atom is -0.391 e. The van der Waals surface area contributed by atoms with Gasteiger partial charge in [0, 0.05) is 11.0 Å². The van der Waals surface area contributed by atoms with Gasteiger partial charge in [0.25, 0.3) is 0 Å². The quantitative estimate of drug-likeness (QED) is 0.941. The molecule has 0 spiro atoms. The van der Waals surface area contributed by atoms with Crippen LogP contribution in [-0.4, -0.2) is 14.9 Å². The van der Waals surface area contributed by atoms with Crippen LogP contribution < -0.4 is 0 Å². The number of nitrogens with zero attached hydrogens (tertiary/aromatic N) is 2. The highest BCUT2D eigenvalue weighted by Gasteiger charge is 2.25. The molecule has 2 aromatic rings. The van der Waals surface area contributed by atoms with Gasteiger partial charge in [0.05, 0.1) is 18.8 Å². The highest BCUT2D eigenvalue weighted by Crippen LogP contribution is 2.30. The SMILES string of the molecule is CC(C)(C)c1nn(Cc2ccc(F)cc2)c(Cl)c1CO. The lowest BCUT2D eigenvalue weighted by Crippen LogP contribution is -2.15. The summed E-state index contributed by atoms with van der Waals surface area (Å²) < 4.78 is 14.5. The highest BCUT2D eigenvalue weighted by molar-refractivity contribution is 6.30. The second-order valence-corrected chi connectivity index (χ2v) is 6.17. The largest absolute Gasteiger partial charge is 0.391 e. The van der Waals surface area contributed by atoms with Gasteiger partial charge in [-0.05, 0) is 17.7 Å². The van der Waals surface area contributed by atoms with Gasteiger partial charge < -0.3 is 5.11 Å². The molecule has 0 radical (unpaired) electrons. The van der Waals surface area contributed by atoms with Crippen LogP contribution in [0.4, 0.5) is 4.39 Å². The zero-order valence-electron chi connectivity index (χ0n) is 11.8. The van der Waals surface area contributed by atoms with E-state index < -0.39 is 0 Å². The fourth-order valence-electron chi connectivity index (χ4n) is 2.09. The second-order valence-electron chi connectivity index (χ2n) is 5.81. The summed E-state index contributed by atoms with van der Waals surface area (Å²) in [6.07, 6.45) is 0. The third kappa shape index (κ3) is 3.02. The molecule has 5 heteroatoms. The van der Waals surface area contributed by atoms with Gasteiger partial charge in [0.1, 0.15) is 11.0 Å². The maximum atomic E-state index is 12.9. The molecule has 0 amide bonds. The summed E-state index contributed by atoms with van der Waals surface area (Å²) in [6.45, 7) is 6.37. The average molecular weight is 297 g/mol. The number of hydrogen-bond acceptors (Lipinski definition) is 2. The number of rotatable bonds is 3. The van der Waals surface area contributed by atoms with Gasteiger partial charge >= 0.3 is 0 Å². The summed E-state index contributed by atoms with van der Waals surface area (Å²) in [5.41, 5.74) is 2.14. The Labute approximate surface area is 123 Å². The Hall–Kier alpha value is -1.39. The van der Waals surface area contributed by atoms with Crippen molar-refractivity contribution in [2.45, 2.75) is 39.3 Å². The fourth-order valence-corrected chi connectivity index (χ4v) is 2.34. The molecular weight excluding hydrogens is 279 g/mol. The topological polar surface area (TPSA) is 38.0 Å². The van der Waals surface area contributed by atoms with E-state index in [2.05, 4.69) is 5.10 Å². The van der Waals surface area contributed by atoms with E-state index in [9.17, 15) is 9.50 Å². The van der Waals surface area contributed by atoms with Crippen LogP contribution in [0.1, 0.15) is 37.6 Å². The Morgan fingerprint density at radius 2 is 1.85 bits per heavy atom. The molecule has 3 nitrogen and oxygen atoms in total. The molecule has 20 heavy (non-hydrogen) atoms. The van der Waals surface area contributed by atoms with Crippen LogP contribution in [-0.2, 0) is 18.6 Å². The van der Waals surface area contributed by atoms with E-state index in [-0.39, 0.29) is 17.8 Å². The summed E-state index contributed by atoms with van der Waals surface area (Å²) in [4.78, 5) is 0. The summed E-state index contributed by atoms with van der Waals surface area (Å²) in [5.74, 6) is -0.272. The molecule has 2 rings (SSSR count). The molecule has 0 aliphatic carbocycles. The highest BCUT2D eigenvalue weighted by atomic mass is 35.5. The number of aliphatic hydroxyl groups excluding tert-OH is 1. The Morgan fingerprint density at radius 1 is 1.25 bits per heavy atom. The molecule has 1 aromatic heterocycles. The third-order valence-electron chi connectivity index (χ3n) is 3.10. The maximum Gasteiger partial charge on any atom is 0.133 e. The van der Waals surface area contributed by atoms with Gasteiger partial charge in [-0.25, -0.2) is 9.07 Å². The molecule has 108 valence electrons. The normalized spacial score (nSPS) is 11.9. The van der Waals surface area contributed by atoms with Gasteiger partial charge in [-0.2, -0.15) is 5.10 Å². The molecule has 0 unspecified atom stereocenters. The number of halogens is 2. The van der Waals surface area contributed by atoms with Crippen LogP contribution in [0.5, 0.6) is 0 Å². The van der Waals surface area contributed by atoms with Gasteiger partial charge in [-0.3, -0.25) is 0 Å². The van der Waals surface area contributed by atoms with E-state index in [1.54, 1.807) is 16.8 Å². The molecule has 0 aliphatic heterocycles. The molecule has 1 heterocycles. The Balaban J connectivity index is 2.38. The third-order valence-corrected chi connectivity index (χ3v) is 3.52. The summed E-state index contributed by atoms with van der Waals surface area (Å²) in [6, 6.07) is 6.21. The van der Waals surface area contributed by atoms with E-state index in [1.165, 1.54) is 12.1 Å². The minimum absolute atomic E-state index is 0.144. The van der Waals surface area contributed by atoms with Gasteiger partial charge in [-0.1, -0.05) is 44.5 Å². The number of hydrogen-bond donors (Lipinski definition) is 1. The van der Waals surface area contributed by atoms with Crippen LogP contribution in [0.15, 0.2) is 24.3 Å². The van der Waals surface area contributed by atoms with Crippen molar-refractivity contribution in [2.75, 3.05) is 0 Å². The summed E-state index contributed by atoms with van der Waals surface area (Å²) in [7, 11) is 0. The second kappa shape index (κ2) is 5.54. The molecule has 0 aliphatic rings. The number of aromatic nitrogens is 2. The lowest BCUT2D eigenvalue weighted by molar-refractivity contribution is 0.278. The van der Waals surface area contributed by atoms with Crippen LogP contribution in [0, 0.1) is 5.82 Å². The monoisotopic (exact) mass is 296 g/mol. The Bertz CT molecular complexity index is 600. The van der Waals surface area contributed by atoms with Crippen molar-refractivity contribution in [3.8, 4) is 0 Å². The first-order valence-corrected chi connectivity index (χ1v) is 6.81. The number of aliphatic hydroxyl groups is 1. The molecule has 0 fully saturated rings. The lowest BCUT2D eigenvalue weighted by Gasteiger charge is -2.16. The maximum absolute atomic E-state index is 12.9. The van der Waals surface area contributed by atoms with Gasteiger partial charge in [-0.15, -0.1) is 0 Å². The van der Waals surface area contributed by atoms with E-state index in [0.717, 1.165) is 11.3 Å². The van der Waals surface area contributed by atoms with Crippen molar-refractivity contribution in [3.63, 3.8) is 0 Å². The van der Waals surface area contributed by atoms with Gasteiger partial charge in [0.2, 0.25) is 0 Å². The van der Waals surface area contributed by atoms with Crippen LogP contribution in [0.25, 0.3) is 0 Å². The van der Waals surface area contributed by atoms with Crippen molar-refractivity contribution in [2.24, 2.45) is 0 Å². The predicted molar refractivity (Wildman–Crippen MR) is 77.4 cm³/mol. The molecule has 1 N–H and O–H groups in total. The van der Waals surface area contributed by atoms with Crippen molar-refractivity contribution in [1.29, 1.82) is 0 Å².